The van der Waals surface area contributed by atoms with Crippen LogP contribution in [0, 0.1) is 11.3 Å². The van der Waals surface area contributed by atoms with E-state index in [9.17, 15) is 5.11 Å². The van der Waals surface area contributed by atoms with E-state index in [2.05, 4.69) is 5.16 Å². The van der Waals surface area contributed by atoms with E-state index in [4.69, 9.17) is 20.3 Å². The number of phenols is 1. The van der Waals surface area contributed by atoms with E-state index >= 15 is 0 Å². The summed E-state index contributed by atoms with van der Waals surface area (Å²) >= 11 is 0. The average Bonchev–Trinajstić information content (AvgIpc) is 2.75. The molecule has 0 saturated carbocycles. The second kappa shape index (κ2) is 4.06. The highest BCUT2D eigenvalue weighted by molar-refractivity contribution is 5.79. The molecular formula is C11H9N3O3. The average molecular weight is 231 g/mol. The lowest BCUT2D eigenvalue weighted by Gasteiger charge is -2.07. The summed E-state index contributed by atoms with van der Waals surface area (Å²) in [6.07, 6.45) is 1.37. The molecule has 17 heavy (non-hydrogen) atoms. The smallest absolute Gasteiger partial charge is 0.230 e. The first kappa shape index (κ1) is 10.8. The van der Waals surface area contributed by atoms with E-state index < -0.39 is 0 Å². The minimum Gasteiger partial charge on any atom is -0.507 e. The first-order chi connectivity index (χ1) is 8.17. The summed E-state index contributed by atoms with van der Waals surface area (Å²) < 4.78 is 9.67. The van der Waals surface area contributed by atoms with Crippen molar-refractivity contribution in [3.8, 4) is 28.7 Å². The van der Waals surface area contributed by atoms with Crippen molar-refractivity contribution in [1.29, 1.82) is 5.26 Å². The summed E-state index contributed by atoms with van der Waals surface area (Å²) in [5, 5.41) is 22.3. The van der Waals surface area contributed by atoms with Crippen molar-refractivity contribution in [1.82, 2.24) is 5.16 Å². The zero-order valence-corrected chi connectivity index (χ0v) is 8.97. The number of ether oxygens (including phenoxy) is 1. The zero-order valence-electron chi connectivity index (χ0n) is 8.97. The monoisotopic (exact) mass is 231 g/mol. The molecule has 6 nitrogen and oxygen atoms in total. The van der Waals surface area contributed by atoms with Crippen molar-refractivity contribution in [3.05, 3.63) is 23.9 Å². The number of nitrogen functional groups attached to an aromatic ring is 1. The first-order valence-electron chi connectivity index (χ1n) is 4.69. The number of aromatic hydroxyl groups is 1. The van der Waals surface area contributed by atoms with Gasteiger partial charge in [0.1, 0.15) is 17.6 Å². The molecule has 86 valence electrons. The maximum Gasteiger partial charge on any atom is 0.230 e. The number of benzene rings is 1. The third kappa shape index (κ3) is 1.74. The lowest BCUT2D eigenvalue weighted by Crippen LogP contribution is -1.91. The van der Waals surface area contributed by atoms with E-state index in [0.717, 1.165) is 0 Å². The number of rotatable bonds is 2. The van der Waals surface area contributed by atoms with Crippen LogP contribution in [0.3, 0.4) is 0 Å². The quantitative estimate of drug-likeness (QED) is 0.811. The van der Waals surface area contributed by atoms with E-state index in [1.807, 2.05) is 6.07 Å². The van der Waals surface area contributed by atoms with Crippen molar-refractivity contribution in [2.75, 3.05) is 12.8 Å². The zero-order chi connectivity index (χ0) is 12.4. The van der Waals surface area contributed by atoms with Crippen LogP contribution in [0.25, 0.3) is 11.1 Å². The molecule has 0 amide bonds. The lowest BCUT2D eigenvalue weighted by molar-refractivity contribution is 0.407. The molecule has 1 aromatic heterocycles. The number of nitrogens with two attached hydrogens (primary N) is 1. The minimum atomic E-state index is -0.0595. The van der Waals surface area contributed by atoms with Crippen molar-refractivity contribution in [3.63, 3.8) is 0 Å². The topological polar surface area (TPSA) is 105 Å². The fraction of sp³-hybridized carbons (Fsp3) is 0.0909. The van der Waals surface area contributed by atoms with Crippen LogP contribution >= 0.6 is 0 Å². The number of anilines is 1. The van der Waals surface area contributed by atoms with Gasteiger partial charge in [-0.05, 0) is 6.07 Å². The van der Waals surface area contributed by atoms with Crippen LogP contribution in [-0.2, 0) is 0 Å². The fourth-order valence-corrected chi connectivity index (χ4v) is 1.49. The summed E-state index contributed by atoms with van der Waals surface area (Å²) in [5.74, 6) is 0.314. The van der Waals surface area contributed by atoms with Gasteiger partial charge in [-0.15, -0.1) is 0 Å². The second-order valence-corrected chi connectivity index (χ2v) is 3.29. The Bertz CT molecular complexity index is 598. The highest BCUT2D eigenvalue weighted by atomic mass is 16.5. The summed E-state index contributed by atoms with van der Waals surface area (Å²) in [4.78, 5) is 0. The van der Waals surface area contributed by atoms with Crippen LogP contribution in [0.5, 0.6) is 11.5 Å². The molecule has 3 N–H and O–H groups in total. The third-order valence-electron chi connectivity index (χ3n) is 2.33. The Morgan fingerprint density at radius 2 is 2.24 bits per heavy atom. The molecule has 0 saturated heterocycles. The van der Waals surface area contributed by atoms with Crippen LogP contribution in [0.15, 0.2) is 22.9 Å². The Hall–Kier alpha value is -2.68. The maximum absolute atomic E-state index is 9.82. The Kier molecular flexibility index (Phi) is 2.58. The second-order valence-electron chi connectivity index (χ2n) is 3.29. The number of aromatic nitrogens is 1. The van der Waals surface area contributed by atoms with Crippen molar-refractivity contribution in [2.45, 2.75) is 0 Å². The molecule has 2 aromatic rings. The summed E-state index contributed by atoms with van der Waals surface area (Å²) in [5.41, 5.74) is 6.65. The normalized spacial score (nSPS) is 9.88. The van der Waals surface area contributed by atoms with Gasteiger partial charge in [0, 0.05) is 11.6 Å². The standard InChI is InChI=1S/C11H9N3O3/c1-16-10-3-9(15)7(2-6(10)4-12)8-5-14-17-11(8)13/h2-3,5,15H,13H2,1H3. The maximum atomic E-state index is 9.82. The largest absolute Gasteiger partial charge is 0.507 e. The highest BCUT2D eigenvalue weighted by Crippen LogP contribution is 2.37. The highest BCUT2D eigenvalue weighted by Gasteiger charge is 2.15. The fourth-order valence-electron chi connectivity index (χ4n) is 1.49. The number of phenolic OH excluding ortho intramolecular Hbond substituents is 1. The van der Waals surface area contributed by atoms with Crippen molar-refractivity contribution < 1.29 is 14.4 Å². The van der Waals surface area contributed by atoms with Crippen LogP contribution in [0.4, 0.5) is 5.88 Å². The molecule has 0 unspecified atom stereocenters. The van der Waals surface area contributed by atoms with Crippen LogP contribution in [0.2, 0.25) is 0 Å². The van der Waals surface area contributed by atoms with E-state index in [1.165, 1.54) is 25.4 Å². The number of nitrogens with zero attached hydrogens (tertiary/aromatic N) is 2. The predicted molar refractivity (Wildman–Crippen MR) is 59.3 cm³/mol. The van der Waals surface area contributed by atoms with Crippen LogP contribution in [0.1, 0.15) is 5.56 Å². The number of methoxy groups -OCH3 is 1. The molecule has 0 spiro atoms. The molecule has 6 heteroatoms. The van der Waals surface area contributed by atoms with Gasteiger partial charge >= 0.3 is 0 Å². The van der Waals surface area contributed by atoms with Gasteiger partial charge in [-0.3, -0.25) is 0 Å². The van der Waals surface area contributed by atoms with Crippen molar-refractivity contribution >= 4 is 5.88 Å². The van der Waals surface area contributed by atoms with Crippen molar-refractivity contribution in [2.24, 2.45) is 0 Å². The molecule has 0 atom stereocenters. The Labute approximate surface area is 96.8 Å². The van der Waals surface area contributed by atoms with E-state index in [-0.39, 0.29) is 11.6 Å². The Morgan fingerprint density at radius 3 is 2.76 bits per heavy atom. The van der Waals surface area contributed by atoms with Gasteiger partial charge in [0.05, 0.1) is 24.4 Å². The molecular weight excluding hydrogens is 222 g/mol. The number of hydrogen-bond acceptors (Lipinski definition) is 6. The van der Waals surface area contributed by atoms with Gasteiger partial charge in [0.25, 0.3) is 0 Å². The molecule has 2 rings (SSSR count). The lowest BCUT2D eigenvalue weighted by atomic mass is 10.0. The summed E-state index contributed by atoms with van der Waals surface area (Å²) in [6, 6.07) is 4.78. The predicted octanol–water partition coefficient (Wildman–Crippen LogP) is 1.51. The van der Waals surface area contributed by atoms with Gasteiger partial charge < -0.3 is 20.1 Å². The van der Waals surface area contributed by atoms with Crippen LogP contribution < -0.4 is 10.5 Å². The van der Waals surface area contributed by atoms with Gasteiger partial charge in [-0.1, -0.05) is 5.16 Å². The third-order valence-corrected chi connectivity index (χ3v) is 2.33. The Morgan fingerprint density at radius 1 is 1.47 bits per heavy atom. The molecule has 0 fully saturated rings. The van der Waals surface area contributed by atoms with Gasteiger partial charge in [-0.25, -0.2) is 0 Å². The molecule has 0 aliphatic heterocycles. The van der Waals surface area contributed by atoms with Gasteiger partial charge in [0.15, 0.2) is 0 Å². The van der Waals surface area contributed by atoms with Gasteiger partial charge in [-0.2, -0.15) is 5.26 Å². The molecule has 0 bridgehead atoms. The molecule has 0 aliphatic rings. The van der Waals surface area contributed by atoms with E-state index in [1.54, 1.807) is 0 Å². The number of hydrogen-bond donors (Lipinski definition) is 2. The summed E-state index contributed by atoms with van der Waals surface area (Å²) in [6.45, 7) is 0. The van der Waals surface area contributed by atoms with E-state index in [0.29, 0.717) is 22.4 Å². The minimum absolute atomic E-state index is 0.0595. The molecule has 0 aliphatic carbocycles. The summed E-state index contributed by atoms with van der Waals surface area (Å²) in [7, 11) is 1.42. The first-order valence-corrected chi connectivity index (χ1v) is 4.69. The Balaban J connectivity index is 2.65. The molecule has 1 heterocycles. The SMILES string of the molecule is COc1cc(O)c(-c2cnoc2N)cc1C#N. The molecule has 1 aromatic carbocycles. The van der Waals surface area contributed by atoms with Gasteiger partial charge in [0.2, 0.25) is 5.88 Å². The van der Waals surface area contributed by atoms with Crippen LogP contribution in [-0.4, -0.2) is 17.4 Å². The number of nitriles is 1. The molecule has 0 radical (unpaired) electrons.